The van der Waals surface area contributed by atoms with Crippen molar-refractivity contribution in [1.82, 2.24) is 20.2 Å². The van der Waals surface area contributed by atoms with Gasteiger partial charge in [-0.2, -0.15) is 4.68 Å². The van der Waals surface area contributed by atoms with Gasteiger partial charge in [-0.05, 0) is 47.2 Å². The third-order valence-electron chi connectivity index (χ3n) is 3.63. The Morgan fingerprint density at radius 2 is 1.85 bits per heavy atom. The van der Waals surface area contributed by atoms with Gasteiger partial charge in [0.25, 0.3) is 0 Å². The molecule has 1 aromatic heterocycles. The van der Waals surface area contributed by atoms with E-state index in [4.69, 9.17) is 9.84 Å². The Morgan fingerprint density at radius 3 is 2.48 bits per heavy atom. The second-order valence-electron chi connectivity index (χ2n) is 5.39. The van der Waals surface area contributed by atoms with E-state index in [9.17, 15) is 9.59 Å². The zero-order valence-electron chi connectivity index (χ0n) is 14.3. The van der Waals surface area contributed by atoms with Gasteiger partial charge in [-0.15, -0.1) is 5.10 Å². The highest BCUT2D eigenvalue weighted by Crippen LogP contribution is 2.35. The third kappa shape index (κ3) is 4.32. The molecule has 0 amide bonds. The van der Waals surface area contributed by atoms with Crippen molar-refractivity contribution in [3.05, 3.63) is 65.7 Å². The number of carboxylic acid groups (broad SMARTS) is 1. The van der Waals surface area contributed by atoms with Crippen molar-refractivity contribution in [3.8, 4) is 5.69 Å². The van der Waals surface area contributed by atoms with Crippen LogP contribution in [0.1, 0.15) is 28.1 Å². The summed E-state index contributed by atoms with van der Waals surface area (Å²) in [4.78, 5) is 23.5. The lowest BCUT2D eigenvalue weighted by atomic mass is 10.1. The molecule has 0 aliphatic rings. The number of thioether (sulfide) groups is 1. The molecular weight excluding hydrogens is 368 g/mol. The molecule has 0 aliphatic carbocycles. The van der Waals surface area contributed by atoms with Crippen LogP contribution in [-0.2, 0) is 9.53 Å². The molecule has 0 radical (unpaired) electrons. The van der Waals surface area contributed by atoms with Crippen LogP contribution in [0.25, 0.3) is 5.69 Å². The number of carboxylic acids is 1. The Hall–Kier alpha value is -3.20. The van der Waals surface area contributed by atoms with Crippen LogP contribution in [0.15, 0.2) is 59.8 Å². The highest BCUT2D eigenvalue weighted by Gasteiger charge is 2.26. The molecule has 1 heterocycles. The van der Waals surface area contributed by atoms with E-state index in [0.29, 0.717) is 10.8 Å². The lowest BCUT2D eigenvalue weighted by molar-refractivity contribution is -0.142. The molecule has 2 aromatic carbocycles. The van der Waals surface area contributed by atoms with E-state index in [1.165, 1.54) is 16.8 Å². The fraction of sp³-hybridized carbons (Fsp3) is 0.167. The van der Waals surface area contributed by atoms with Crippen LogP contribution in [0.4, 0.5) is 0 Å². The lowest BCUT2D eigenvalue weighted by Gasteiger charge is -2.15. The highest BCUT2D eigenvalue weighted by atomic mass is 32.2. The van der Waals surface area contributed by atoms with Crippen molar-refractivity contribution in [1.29, 1.82) is 0 Å². The van der Waals surface area contributed by atoms with Crippen LogP contribution in [0.2, 0.25) is 0 Å². The molecule has 0 saturated heterocycles. The molecule has 0 saturated carbocycles. The molecule has 0 bridgehead atoms. The summed E-state index contributed by atoms with van der Waals surface area (Å²) in [5, 5.41) is 20.4. The molecule has 3 aromatic rings. The molecule has 9 heteroatoms. The summed E-state index contributed by atoms with van der Waals surface area (Å²) >= 11 is 1.16. The fourth-order valence-corrected chi connectivity index (χ4v) is 3.36. The van der Waals surface area contributed by atoms with Crippen molar-refractivity contribution in [2.24, 2.45) is 0 Å². The Labute approximate surface area is 159 Å². The van der Waals surface area contributed by atoms with Crippen molar-refractivity contribution in [3.63, 3.8) is 0 Å². The molecule has 0 aliphatic heterocycles. The molecule has 27 heavy (non-hydrogen) atoms. The second-order valence-corrected chi connectivity index (χ2v) is 6.46. The molecular formula is C18H16N4O4S. The smallest absolute Gasteiger partial charge is 0.335 e. The number of carbonyl (C=O) groups excluding carboxylic acids is 1. The first-order valence-corrected chi connectivity index (χ1v) is 8.98. The number of hydrogen-bond donors (Lipinski definition) is 1. The summed E-state index contributed by atoms with van der Waals surface area (Å²) < 4.78 is 6.64. The predicted molar refractivity (Wildman–Crippen MR) is 97.8 cm³/mol. The first-order chi connectivity index (χ1) is 13.1. The van der Waals surface area contributed by atoms with Crippen molar-refractivity contribution >= 4 is 23.7 Å². The third-order valence-corrected chi connectivity index (χ3v) is 4.79. The Bertz CT molecular complexity index is 928. The van der Waals surface area contributed by atoms with Crippen LogP contribution in [0.5, 0.6) is 0 Å². The molecule has 1 atom stereocenters. The predicted octanol–water partition coefficient (Wildman–Crippen LogP) is 2.76. The standard InChI is InChI=1S/C18H16N4O4S/c1-2-26-17(25)15(12-6-4-3-5-7-12)27-18-19-20-21-22(18)14-10-8-13(9-11-14)16(23)24/h3-11,15H,2H2,1H3,(H,23,24)/t15-/m0/s1. The van der Waals surface area contributed by atoms with Crippen LogP contribution in [0, 0.1) is 0 Å². The van der Waals surface area contributed by atoms with Gasteiger partial charge in [0.1, 0.15) is 5.25 Å². The number of benzene rings is 2. The number of carbonyl (C=O) groups is 2. The molecule has 8 nitrogen and oxygen atoms in total. The molecule has 3 rings (SSSR count). The van der Waals surface area contributed by atoms with E-state index in [-0.39, 0.29) is 18.1 Å². The summed E-state index contributed by atoms with van der Waals surface area (Å²) in [5.41, 5.74) is 1.52. The molecule has 0 unspecified atom stereocenters. The SMILES string of the molecule is CCOC(=O)[C@@H](Sc1nnnn1-c1ccc(C(=O)O)cc1)c1ccccc1. The summed E-state index contributed by atoms with van der Waals surface area (Å²) in [6.45, 7) is 2.02. The van der Waals surface area contributed by atoms with Gasteiger partial charge < -0.3 is 9.84 Å². The normalized spacial score (nSPS) is 11.7. The minimum absolute atomic E-state index is 0.162. The summed E-state index contributed by atoms with van der Waals surface area (Å²) in [6.07, 6.45) is 0. The van der Waals surface area contributed by atoms with E-state index in [1.807, 2.05) is 30.3 Å². The number of nitrogens with zero attached hydrogens (tertiary/aromatic N) is 4. The lowest BCUT2D eigenvalue weighted by Crippen LogP contribution is -2.14. The Morgan fingerprint density at radius 1 is 1.15 bits per heavy atom. The molecule has 0 fully saturated rings. The summed E-state index contributed by atoms with van der Waals surface area (Å²) in [6, 6.07) is 15.4. The van der Waals surface area contributed by atoms with E-state index >= 15 is 0 Å². The monoisotopic (exact) mass is 384 g/mol. The van der Waals surface area contributed by atoms with Gasteiger partial charge in [0.15, 0.2) is 0 Å². The second kappa shape index (κ2) is 8.45. The van der Waals surface area contributed by atoms with Gasteiger partial charge in [-0.1, -0.05) is 42.1 Å². The average Bonchev–Trinajstić information content (AvgIpc) is 3.15. The largest absolute Gasteiger partial charge is 0.478 e. The first kappa shape index (κ1) is 18.6. The number of tetrazole rings is 1. The number of aromatic carboxylic acids is 1. The molecule has 1 N–H and O–H groups in total. The quantitative estimate of drug-likeness (QED) is 0.489. The highest BCUT2D eigenvalue weighted by molar-refractivity contribution is 8.00. The maximum Gasteiger partial charge on any atom is 0.335 e. The van der Waals surface area contributed by atoms with Crippen LogP contribution in [0.3, 0.4) is 0 Å². The van der Waals surface area contributed by atoms with Crippen molar-refractivity contribution in [2.75, 3.05) is 6.61 Å². The van der Waals surface area contributed by atoms with Gasteiger partial charge in [-0.3, -0.25) is 4.79 Å². The van der Waals surface area contributed by atoms with Crippen molar-refractivity contribution < 1.29 is 19.4 Å². The molecule has 0 spiro atoms. The average molecular weight is 384 g/mol. The van der Waals surface area contributed by atoms with E-state index in [0.717, 1.165) is 17.3 Å². The van der Waals surface area contributed by atoms with Gasteiger partial charge in [0, 0.05) is 0 Å². The number of aromatic nitrogens is 4. The van der Waals surface area contributed by atoms with E-state index in [1.54, 1.807) is 19.1 Å². The van der Waals surface area contributed by atoms with Gasteiger partial charge in [0.2, 0.25) is 5.16 Å². The maximum absolute atomic E-state index is 12.5. The number of rotatable bonds is 7. The van der Waals surface area contributed by atoms with Gasteiger partial charge in [0.05, 0.1) is 17.9 Å². The summed E-state index contributed by atoms with van der Waals surface area (Å²) in [7, 11) is 0. The minimum atomic E-state index is -1.01. The maximum atomic E-state index is 12.5. The van der Waals surface area contributed by atoms with Crippen molar-refractivity contribution in [2.45, 2.75) is 17.3 Å². The van der Waals surface area contributed by atoms with Gasteiger partial charge >= 0.3 is 11.9 Å². The number of esters is 1. The van der Waals surface area contributed by atoms with Crippen LogP contribution >= 0.6 is 11.8 Å². The van der Waals surface area contributed by atoms with E-state index in [2.05, 4.69) is 15.5 Å². The van der Waals surface area contributed by atoms with Crippen LogP contribution in [-0.4, -0.2) is 43.9 Å². The summed E-state index contributed by atoms with van der Waals surface area (Å²) in [5.74, 6) is -1.40. The van der Waals surface area contributed by atoms with E-state index < -0.39 is 11.2 Å². The number of hydrogen-bond acceptors (Lipinski definition) is 7. The zero-order valence-corrected chi connectivity index (χ0v) is 15.2. The Balaban J connectivity index is 1.91. The zero-order chi connectivity index (χ0) is 19.2. The fourth-order valence-electron chi connectivity index (χ4n) is 2.36. The molecule has 138 valence electrons. The number of ether oxygens (including phenoxy) is 1. The van der Waals surface area contributed by atoms with Crippen LogP contribution < -0.4 is 0 Å². The Kier molecular flexibility index (Phi) is 5.82. The topological polar surface area (TPSA) is 107 Å². The minimum Gasteiger partial charge on any atom is -0.478 e. The first-order valence-electron chi connectivity index (χ1n) is 8.10. The van der Waals surface area contributed by atoms with Gasteiger partial charge in [-0.25, -0.2) is 4.79 Å².